The Morgan fingerprint density at radius 2 is 1.89 bits per heavy atom. The number of amides is 2. The van der Waals surface area contributed by atoms with E-state index in [0.29, 0.717) is 17.4 Å². The number of hydrogen-bond donors (Lipinski definition) is 1. The molecular formula is C26H29ClFN5O5. The number of nitrogens with one attached hydrogen (secondary N) is 1. The fourth-order valence-corrected chi connectivity index (χ4v) is 4.18. The van der Waals surface area contributed by atoms with Crippen LogP contribution in [0.15, 0.2) is 36.7 Å². The molecule has 1 N–H and O–H groups in total. The van der Waals surface area contributed by atoms with Gasteiger partial charge in [-0.3, -0.25) is 0 Å². The second-order valence-electron chi connectivity index (χ2n) is 9.81. The summed E-state index contributed by atoms with van der Waals surface area (Å²) in [6, 6.07) is 7.45. The zero-order valence-corrected chi connectivity index (χ0v) is 22.5. The number of carbonyl (C=O) groups is 2. The van der Waals surface area contributed by atoms with E-state index in [1.54, 1.807) is 43.9 Å². The predicted octanol–water partition coefficient (Wildman–Crippen LogP) is 5.61. The van der Waals surface area contributed by atoms with Crippen LogP contribution in [-0.2, 0) is 4.74 Å². The average molecular weight is 546 g/mol. The summed E-state index contributed by atoms with van der Waals surface area (Å²) in [5.41, 5.74) is 0.0000359. The highest BCUT2D eigenvalue weighted by molar-refractivity contribution is 6.31. The van der Waals surface area contributed by atoms with Gasteiger partial charge in [0.2, 0.25) is 0 Å². The minimum absolute atomic E-state index is 0.0364. The van der Waals surface area contributed by atoms with E-state index in [1.807, 2.05) is 6.92 Å². The molecule has 12 heteroatoms. The third-order valence-electron chi connectivity index (χ3n) is 5.84. The van der Waals surface area contributed by atoms with Crippen molar-refractivity contribution in [3.05, 3.63) is 47.5 Å². The van der Waals surface area contributed by atoms with Crippen molar-refractivity contribution in [3.8, 4) is 11.5 Å². The molecule has 38 heavy (non-hydrogen) atoms. The van der Waals surface area contributed by atoms with E-state index in [-0.39, 0.29) is 47.2 Å². The number of aromatic nitrogens is 2. The molecule has 0 spiro atoms. The molecule has 4 rings (SSSR count). The molecule has 2 amide bonds. The Bertz CT molecular complexity index is 1370. The lowest BCUT2D eigenvalue weighted by Crippen LogP contribution is -2.56. The number of carbonyl (C=O) groups excluding carboxylic acids is 2. The van der Waals surface area contributed by atoms with E-state index in [1.165, 1.54) is 30.5 Å². The van der Waals surface area contributed by atoms with E-state index in [9.17, 15) is 14.0 Å². The van der Waals surface area contributed by atoms with Crippen LogP contribution in [0, 0.1) is 5.82 Å². The lowest BCUT2D eigenvalue weighted by molar-refractivity contribution is 0.00314. The molecule has 10 nitrogen and oxygen atoms in total. The summed E-state index contributed by atoms with van der Waals surface area (Å²) in [6.07, 6.45) is 0.292. The topological polar surface area (TPSA) is 106 Å². The molecular weight excluding hydrogens is 517 g/mol. The van der Waals surface area contributed by atoms with Crippen LogP contribution in [0.5, 0.6) is 11.5 Å². The van der Waals surface area contributed by atoms with Gasteiger partial charge in [-0.1, -0.05) is 17.7 Å². The third-order valence-corrected chi connectivity index (χ3v) is 6.13. The normalized spacial score (nSPS) is 15.8. The maximum atomic E-state index is 14.5. The summed E-state index contributed by atoms with van der Waals surface area (Å²) in [5.74, 6) is 0.0815. The monoisotopic (exact) mass is 545 g/mol. The first-order valence-electron chi connectivity index (χ1n) is 12.0. The number of ether oxygens (including phenoxy) is 3. The van der Waals surface area contributed by atoms with Crippen LogP contribution in [0.1, 0.15) is 27.7 Å². The molecule has 2 heterocycles. The number of hydrogen-bond acceptors (Lipinski definition) is 8. The fraction of sp³-hybridized carbons (Fsp3) is 0.385. The Labute approximate surface area is 224 Å². The minimum Gasteiger partial charge on any atom is -0.493 e. The number of piperazine rings is 1. The molecule has 202 valence electrons. The summed E-state index contributed by atoms with van der Waals surface area (Å²) in [6.45, 7) is 8.07. The molecule has 1 aromatic heterocycles. The molecule has 1 aliphatic rings. The van der Waals surface area contributed by atoms with Gasteiger partial charge in [0.15, 0.2) is 17.3 Å². The van der Waals surface area contributed by atoms with E-state index in [2.05, 4.69) is 15.3 Å². The van der Waals surface area contributed by atoms with Crippen LogP contribution in [0.2, 0.25) is 5.02 Å². The molecule has 0 unspecified atom stereocenters. The Morgan fingerprint density at radius 3 is 2.58 bits per heavy atom. The summed E-state index contributed by atoms with van der Waals surface area (Å²) in [4.78, 5) is 37.2. The second kappa shape index (κ2) is 10.9. The van der Waals surface area contributed by atoms with Crippen molar-refractivity contribution in [2.45, 2.75) is 39.3 Å². The third kappa shape index (κ3) is 5.99. The molecule has 0 aliphatic carbocycles. The van der Waals surface area contributed by atoms with Gasteiger partial charge in [0.25, 0.3) is 0 Å². The van der Waals surface area contributed by atoms with E-state index in [4.69, 9.17) is 25.8 Å². The van der Waals surface area contributed by atoms with Crippen molar-refractivity contribution >= 4 is 46.2 Å². The molecule has 0 saturated carbocycles. The predicted molar refractivity (Wildman–Crippen MR) is 141 cm³/mol. The minimum atomic E-state index is -0.624. The molecule has 0 bridgehead atoms. The highest BCUT2D eigenvalue weighted by Crippen LogP contribution is 2.36. The Hall–Kier alpha value is -3.86. The van der Waals surface area contributed by atoms with E-state index < -0.39 is 23.6 Å². The number of rotatable bonds is 4. The lowest BCUT2D eigenvalue weighted by atomic mass is 10.2. The van der Waals surface area contributed by atoms with Gasteiger partial charge in [0.05, 0.1) is 29.4 Å². The standard InChI is InChI=1S/C26H29ClFN5O5/c1-15-13-32(9-10-33(15)25(35)38-26(2,3)4)24(34)37-21-11-16-19(12-20(21)36-5)29-14-30-23(16)31-18-8-6-7-17(27)22(18)28/h6-8,11-12,14-15H,9-10,13H2,1-5H3,(H,29,30,31)/t15-/m1/s1. The fourth-order valence-electron chi connectivity index (χ4n) is 4.00. The smallest absolute Gasteiger partial charge is 0.415 e. The molecule has 1 aliphatic heterocycles. The van der Waals surface area contributed by atoms with Crippen molar-refractivity contribution < 1.29 is 28.2 Å². The highest BCUT2D eigenvalue weighted by atomic mass is 35.5. The van der Waals surface area contributed by atoms with Gasteiger partial charge >= 0.3 is 12.2 Å². The average Bonchev–Trinajstić information content (AvgIpc) is 2.85. The van der Waals surface area contributed by atoms with Gasteiger partial charge in [-0.25, -0.2) is 23.9 Å². The summed E-state index contributed by atoms with van der Waals surface area (Å²) in [7, 11) is 1.45. The number of fused-ring (bicyclic) bond motifs is 1. The molecule has 2 aromatic carbocycles. The largest absolute Gasteiger partial charge is 0.493 e. The van der Waals surface area contributed by atoms with E-state index in [0.717, 1.165) is 0 Å². The van der Waals surface area contributed by atoms with Crippen LogP contribution >= 0.6 is 11.6 Å². The molecule has 1 saturated heterocycles. The van der Waals surface area contributed by atoms with Crippen LogP contribution in [-0.4, -0.2) is 70.3 Å². The number of benzene rings is 2. The summed E-state index contributed by atoms with van der Waals surface area (Å²) >= 11 is 5.90. The highest BCUT2D eigenvalue weighted by Gasteiger charge is 2.33. The quantitative estimate of drug-likeness (QED) is 0.450. The van der Waals surface area contributed by atoms with Gasteiger partial charge in [0.1, 0.15) is 17.7 Å². The van der Waals surface area contributed by atoms with Crippen molar-refractivity contribution in [2.75, 3.05) is 32.1 Å². The molecule has 0 radical (unpaired) electrons. The first kappa shape index (κ1) is 27.2. The van der Waals surface area contributed by atoms with E-state index >= 15 is 0 Å². The van der Waals surface area contributed by atoms with Gasteiger partial charge in [-0.05, 0) is 45.9 Å². The van der Waals surface area contributed by atoms with Crippen LogP contribution in [0.25, 0.3) is 10.9 Å². The number of anilines is 2. The van der Waals surface area contributed by atoms with Crippen molar-refractivity contribution in [1.82, 2.24) is 19.8 Å². The first-order valence-corrected chi connectivity index (χ1v) is 12.3. The molecule has 1 fully saturated rings. The van der Waals surface area contributed by atoms with Gasteiger partial charge in [-0.15, -0.1) is 0 Å². The number of methoxy groups -OCH3 is 1. The number of nitrogens with zero attached hydrogens (tertiary/aromatic N) is 4. The maximum absolute atomic E-state index is 14.5. The maximum Gasteiger partial charge on any atom is 0.415 e. The summed E-state index contributed by atoms with van der Waals surface area (Å²) in [5, 5.41) is 3.36. The Kier molecular flexibility index (Phi) is 7.77. The van der Waals surface area contributed by atoms with Gasteiger partial charge in [0, 0.05) is 31.1 Å². The zero-order valence-electron chi connectivity index (χ0n) is 21.7. The van der Waals surface area contributed by atoms with Gasteiger partial charge < -0.3 is 29.3 Å². The molecule has 1 atom stereocenters. The first-order chi connectivity index (χ1) is 18.0. The number of halogens is 2. The lowest BCUT2D eigenvalue weighted by Gasteiger charge is -2.39. The Balaban J connectivity index is 1.54. The Morgan fingerprint density at radius 1 is 1.13 bits per heavy atom. The molecule has 3 aromatic rings. The van der Waals surface area contributed by atoms with Crippen LogP contribution < -0.4 is 14.8 Å². The van der Waals surface area contributed by atoms with Gasteiger partial charge in [-0.2, -0.15) is 0 Å². The van der Waals surface area contributed by atoms with Crippen molar-refractivity contribution in [1.29, 1.82) is 0 Å². The van der Waals surface area contributed by atoms with Crippen molar-refractivity contribution in [2.24, 2.45) is 0 Å². The van der Waals surface area contributed by atoms with Crippen molar-refractivity contribution in [3.63, 3.8) is 0 Å². The zero-order chi connectivity index (χ0) is 27.6. The van der Waals surface area contributed by atoms with Crippen LogP contribution in [0.3, 0.4) is 0 Å². The summed E-state index contributed by atoms with van der Waals surface area (Å²) < 4.78 is 31.1. The van der Waals surface area contributed by atoms with Crippen LogP contribution in [0.4, 0.5) is 25.5 Å². The SMILES string of the molecule is COc1cc2ncnc(Nc3cccc(Cl)c3F)c2cc1OC(=O)N1CCN(C(=O)OC(C)(C)C)[C@H](C)C1. The second-order valence-corrected chi connectivity index (χ2v) is 10.2.